The quantitative estimate of drug-likeness (QED) is 0.563. The van der Waals surface area contributed by atoms with Crippen LogP contribution in [0.15, 0.2) is 55.0 Å². The van der Waals surface area contributed by atoms with Crippen LogP contribution in [-0.2, 0) is 0 Å². The van der Waals surface area contributed by atoms with Gasteiger partial charge in [-0.25, -0.2) is 5.43 Å². The van der Waals surface area contributed by atoms with E-state index >= 15 is 0 Å². The summed E-state index contributed by atoms with van der Waals surface area (Å²) in [5.74, 6) is 5.73. The number of hydrazine groups is 1. The lowest BCUT2D eigenvalue weighted by molar-refractivity contribution is 0.633. The number of nitrogens with zero attached hydrogens (tertiary/aromatic N) is 2. The number of aromatic nitrogens is 2. The number of hydrogen-bond donors (Lipinski definition) is 2. The fourth-order valence-electron chi connectivity index (χ4n) is 2.37. The molecule has 0 radical (unpaired) electrons. The van der Waals surface area contributed by atoms with Gasteiger partial charge in [0.1, 0.15) is 0 Å². The average Bonchev–Trinajstić information content (AvgIpc) is 2.48. The van der Waals surface area contributed by atoms with Gasteiger partial charge in [-0.05, 0) is 35.7 Å². The predicted octanol–water partition coefficient (Wildman–Crippen LogP) is 2.49. The molecule has 3 rings (SSSR count). The first-order valence-electron chi connectivity index (χ1n) is 6.50. The third kappa shape index (κ3) is 2.39. The van der Waals surface area contributed by atoms with Crippen LogP contribution in [0, 0.1) is 6.92 Å². The highest BCUT2D eigenvalue weighted by Crippen LogP contribution is 2.23. The lowest BCUT2D eigenvalue weighted by Gasteiger charge is -2.17. The highest BCUT2D eigenvalue weighted by molar-refractivity contribution is 5.78. The molecule has 2 heterocycles. The number of nitrogens with two attached hydrogens (primary N) is 1. The number of nitrogens with one attached hydrogen (secondary N) is 1. The van der Waals surface area contributed by atoms with Crippen molar-refractivity contribution in [3.05, 3.63) is 71.7 Å². The van der Waals surface area contributed by atoms with Crippen LogP contribution < -0.4 is 11.3 Å². The van der Waals surface area contributed by atoms with Crippen LogP contribution in [-0.4, -0.2) is 9.97 Å². The second-order valence-electron chi connectivity index (χ2n) is 4.86. The normalized spacial score (nSPS) is 12.5. The maximum absolute atomic E-state index is 5.73. The van der Waals surface area contributed by atoms with Gasteiger partial charge in [0.25, 0.3) is 0 Å². The van der Waals surface area contributed by atoms with E-state index in [0.717, 1.165) is 27.6 Å². The molecule has 0 aliphatic carbocycles. The molecule has 4 nitrogen and oxygen atoms in total. The average molecular weight is 264 g/mol. The molecule has 1 aromatic carbocycles. The molecule has 20 heavy (non-hydrogen) atoms. The maximum Gasteiger partial charge on any atom is 0.0740 e. The second-order valence-corrected chi connectivity index (χ2v) is 4.86. The minimum absolute atomic E-state index is 0.112. The summed E-state index contributed by atoms with van der Waals surface area (Å²) in [5.41, 5.74) is 6.99. The largest absolute Gasteiger partial charge is 0.271 e. The minimum atomic E-state index is -0.112. The SMILES string of the molecule is Cc1cncc(C(NN)c2cnc3ccccc3c2)c1. The number of pyridine rings is 2. The number of para-hydroxylation sites is 1. The highest BCUT2D eigenvalue weighted by Gasteiger charge is 2.13. The fraction of sp³-hybridized carbons (Fsp3) is 0.125. The highest BCUT2D eigenvalue weighted by atomic mass is 15.2. The summed E-state index contributed by atoms with van der Waals surface area (Å²) in [5, 5.41) is 1.10. The molecule has 1 unspecified atom stereocenters. The van der Waals surface area contributed by atoms with Crippen molar-refractivity contribution in [1.29, 1.82) is 0 Å². The summed E-state index contributed by atoms with van der Waals surface area (Å²) in [7, 11) is 0. The summed E-state index contributed by atoms with van der Waals surface area (Å²) in [6.07, 6.45) is 5.51. The summed E-state index contributed by atoms with van der Waals surface area (Å²) in [6.45, 7) is 2.02. The Kier molecular flexibility index (Phi) is 3.41. The Hall–Kier alpha value is -2.30. The van der Waals surface area contributed by atoms with Crippen LogP contribution >= 0.6 is 0 Å². The van der Waals surface area contributed by atoms with E-state index in [0.29, 0.717) is 0 Å². The van der Waals surface area contributed by atoms with Crippen molar-refractivity contribution in [3.63, 3.8) is 0 Å². The Morgan fingerprint density at radius 2 is 1.85 bits per heavy atom. The van der Waals surface area contributed by atoms with Crippen molar-refractivity contribution in [2.45, 2.75) is 13.0 Å². The third-order valence-electron chi connectivity index (χ3n) is 3.34. The molecule has 3 N–H and O–H groups in total. The number of hydrogen-bond acceptors (Lipinski definition) is 4. The lowest BCUT2D eigenvalue weighted by atomic mass is 10.00. The molecule has 0 fully saturated rings. The van der Waals surface area contributed by atoms with E-state index < -0.39 is 0 Å². The second kappa shape index (κ2) is 5.36. The van der Waals surface area contributed by atoms with Crippen molar-refractivity contribution < 1.29 is 0 Å². The van der Waals surface area contributed by atoms with E-state index in [-0.39, 0.29) is 6.04 Å². The van der Waals surface area contributed by atoms with Gasteiger partial charge in [0, 0.05) is 24.0 Å². The molecule has 0 spiro atoms. The fourth-order valence-corrected chi connectivity index (χ4v) is 2.37. The zero-order valence-corrected chi connectivity index (χ0v) is 11.2. The molecule has 1 atom stereocenters. The van der Waals surface area contributed by atoms with Crippen molar-refractivity contribution >= 4 is 10.9 Å². The smallest absolute Gasteiger partial charge is 0.0740 e. The van der Waals surface area contributed by atoms with E-state index in [9.17, 15) is 0 Å². The Morgan fingerprint density at radius 1 is 1.05 bits per heavy atom. The number of rotatable bonds is 3. The zero-order chi connectivity index (χ0) is 13.9. The molecule has 0 aliphatic heterocycles. The number of benzene rings is 1. The van der Waals surface area contributed by atoms with Crippen molar-refractivity contribution in [1.82, 2.24) is 15.4 Å². The Labute approximate surface area is 117 Å². The van der Waals surface area contributed by atoms with E-state index in [4.69, 9.17) is 5.84 Å². The molecule has 0 aliphatic rings. The van der Waals surface area contributed by atoms with Gasteiger partial charge in [-0.3, -0.25) is 15.8 Å². The first kappa shape index (κ1) is 12.7. The monoisotopic (exact) mass is 264 g/mol. The predicted molar refractivity (Wildman–Crippen MR) is 79.9 cm³/mol. The molecular formula is C16H16N4. The van der Waals surface area contributed by atoms with Crippen molar-refractivity contribution in [2.75, 3.05) is 0 Å². The van der Waals surface area contributed by atoms with Gasteiger partial charge in [-0.2, -0.15) is 0 Å². The van der Waals surface area contributed by atoms with E-state index in [2.05, 4.69) is 27.5 Å². The first-order valence-corrected chi connectivity index (χ1v) is 6.50. The molecule has 0 bridgehead atoms. The Balaban J connectivity index is 2.07. The van der Waals surface area contributed by atoms with Gasteiger partial charge in [-0.15, -0.1) is 0 Å². The van der Waals surface area contributed by atoms with Crippen molar-refractivity contribution in [3.8, 4) is 0 Å². The molecule has 4 heteroatoms. The van der Waals surface area contributed by atoms with Gasteiger partial charge in [0.15, 0.2) is 0 Å². The van der Waals surface area contributed by atoms with E-state index in [1.54, 1.807) is 0 Å². The number of fused-ring (bicyclic) bond motifs is 1. The maximum atomic E-state index is 5.73. The minimum Gasteiger partial charge on any atom is -0.271 e. The molecule has 0 saturated heterocycles. The summed E-state index contributed by atoms with van der Waals surface area (Å²) < 4.78 is 0. The van der Waals surface area contributed by atoms with Crippen LogP contribution in [0.3, 0.4) is 0 Å². The summed E-state index contributed by atoms with van der Waals surface area (Å²) in [4.78, 5) is 8.71. The molecular weight excluding hydrogens is 248 g/mol. The Bertz CT molecular complexity index is 739. The van der Waals surface area contributed by atoms with Crippen LogP contribution in [0.2, 0.25) is 0 Å². The van der Waals surface area contributed by atoms with Gasteiger partial charge in [-0.1, -0.05) is 24.3 Å². The Morgan fingerprint density at radius 3 is 2.65 bits per heavy atom. The van der Waals surface area contributed by atoms with Gasteiger partial charge in [0.2, 0.25) is 0 Å². The van der Waals surface area contributed by atoms with Crippen LogP contribution in [0.4, 0.5) is 0 Å². The zero-order valence-electron chi connectivity index (χ0n) is 11.2. The molecule has 0 amide bonds. The number of aryl methyl sites for hydroxylation is 1. The summed E-state index contributed by atoms with van der Waals surface area (Å²) >= 11 is 0. The van der Waals surface area contributed by atoms with E-state index in [1.807, 2.05) is 49.8 Å². The first-order chi connectivity index (χ1) is 9.78. The van der Waals surface area contributed by atoms with Crippen LogP contribution in [0.5, 0.6) is 0 Å². The van der Waals surface area contributed by atoms with Crippen LogP contribution in [0.1, 0.15) is 22.7 Å². The topological polar surface area (TPSA) is 63.8 Å². The molecule has 3 aromatic rings. The summed E-state index contributed by atoms with van der Waals surface area (Å²) in [6, 6.07) is 12.1. The van der Waals surface area contributed by atoms with E-state index in [1.165, 1.54) is 0 Å². The lowest BCUT2D eigenvalue weighted by Crippen LogP contribution is -2.29. The standard InChI is InChI=1S/C16H16N4/c1-11-6-13(9-18-8-11)16(20-17)14-7-12-4-2-3-5-15(12)19-10-14/h2-10,16,20H,17H2,1H3. The van der Waals surface area contributed by atoms with Crippen LogP contribution in [0.25, 0.3) is 10.9 Å². The molecule has 2 aromatic heterocycles. The van der Waals surface area contributed by atoms with Gasteiger partial charge >= 0.3 is 0 Å². The molecule has 0 saturated carbocycles. The van der Waals surface area contributed by atoms with Gasteiger partial charge in [0.05, 0.1) is 11.6 Å². The van der Waals surface area contributed by atoms with Gasteiger partial charge < -0.3 is 0 Å². The van der Waals surface area contributed by atoms with Crippen molar-refractivity contribution in [2.24, 2.45) is 5.84 Å². The third-order valence-corrected chi connectivity index (χ3v) is 3.34. The molecule has 100 valence electrons.